The van der Waals surface area contributed by atoms with Gasteiger partial charge in [-0.15, -0.1) is 11.6 Å². The molecular formula is C10H15ClN2. The summed E-state index contributed by atoms with van der Waals surface area (Å²) in [4.78, 5) is 4.23. The van der Waals surface area contributed by atoms with Crippen LogP contribution in [-0.2, 0) is 0 Å². The molecule has 1 aromatic rings. The topological polar surface area (TPSA) is 24.9 Å². The number of alkyl halides is 1. The summed E-state index contributed by atoms with van der Waals surface area (Å²) in [7, 11) is 0. The molecule has 0 spiro atoms. The number of pyridine rings is 1. The second-order valence-electron chi connectivity index (χ2n) is 2.99. The van der Waals surface area contributed by atoms with Crippen molar-refractivity contribution < 1.29 is 0 Å². The minimum absolute atomic E-state index is 0.739. The first kappa shape index (κ1) is 10.3. The number of aryl methyl sites for hydroxylation is 1. The van der Waals surface area contributed by atoms with Crippen molar-refractivity contribution >= 4 is 17.4 Å². The third-order valence-electron chi connectivity index (χ3n) is 1.86. The van der Waals surface area contributed by atoms with Crippen LogP contribution in [0.5, 0.6) is 0 Å². The van der Waals surface area contributed by atoms with Gasteiger partial charge in [-0.1, -0.05) is 6.07 Å². The first-order chi connectivity index (χ1) is 6.34. The number of aromatic nitrogens is 1. The number of unbranched alkanes of at least 4 members (excludes halogenated alkanes) is 1. The number of hydrogen-bond acceptors (Lipinski definition) is 2. The zero-order chi connectivity index (χ0) is 9.52. The van der Waals surface area contributed by atoms with Crippen molar-refractivity contribution in [3.63, 3.8) is 0 Å². The van der Waals surface area contributed by atoms with Gasteiger partial charge < -0.3 is 5.32 Å². The molecule has 0 fully saturated rings. The Morgan fingerprint density at radius 2 is 2.31 bits per heavy atom. The van der Waals surface area contributed by atoms with E-state index >= 15 is 0 Å². The van der Waals surface area contributed by atoms with Crippen molar-refractivity contribution in [3.05, 3.63) is 23.9 Å². The van der Waals surface area contributed by atoms with Crippen LogP contribution in [0.4, 0.5) is 5.82 Å². The van der Waals surface area contributed by atoms with Gasteiger partial charge in [0, 0.05) is 18.6 Å². The van der Waals surface area contributed by atoms with Crippen LogP contribution in [0.25, 0.3) is 0 Å². The molecule has 0 aliphatic heterocycles. The van der Waals surface area contributed by atoms with E-state index < -0.39 is 0 Å². The maximum absolute atomic E-state index is 5.57. The van der Waals surface area contributed by atoms with Crippen LogP contribution in [0.1, 0.15) is 18.4 Å². The third-order valence-corrected chi connectivity index (χ3v) is 2.13. The number of nitrogens with zero attached hydrogens (tertiary/aromatic N) is 1. The standard InChI is InChI=1S/C10H15ClN2/c1-9-5-4-8-13-10(9)12-7-3-2-6-11/h4-5,8H,2-3,6-7H2,1H3,(H,12,13). The predicted molar refractivity (Wildman–Crippen MR) is 57.4 cm³/mol. The Hall–Kier alpha value is -0.760. The molecule has 0 unspecified atom stereocenters. The lowest BCUT2D eigenvalue weighted by Crippen LogP contribution is -2.04. The zero-order valence-electron chi connectivity index (χ0n) is 7.89. The molecule has 2 nitrogen and oxygen atoms in total. The summed E-state index contributed by atoms with van der Waals surface area (Å²) in [6.45, 7) is 3.00. The molecule has 0 atom stereocenters. The first-order valence-electron chi connectivity index (χ1n) is 4.56. The summed E-state index contributed by atoms with van der Waals surface area (Å²) in [5.74, 6) is 1.72. The number of nitrogens with one attached hydrogen (secondary N) is 1. The SMILES string of the molecule is Cc1cccnc1NCCCCCl. The lowest BCUT2D eigenvalue weighted by molar-refractivity contribution is 0.835. The largest absolute Gasteiger partial charge is 0.370 e. The van der Waals surface area contributed by atoms with Gasteiger partial charge in [0.2, 0.25) is 0 Å². The average molecular weight is 199 g/mol. The van der Waals surface area contributed by atoms with Gasteiger partial charge in [0.05, 0.1) is 0 Å². The van der Waals surface area contributed by atoms with Gasteiger partial charge >= 0.3 is 0 Å². The van der Waals surface area contributed by atoms with Crippen molar-refractivity contribution in [2.45, 2.75) is 19.8 Å². The molecule has 1 heterocycles. The van der Waals surface area contributed by atoms with E-state index in [0.717, 1.165) is 31.1 Å². The van der Waals surface area contributed by atoms with E-state index in [1.54, 1.807) is 6.20 Å². The van der Waals surface area contributed by atoms with Crippen LogP contribution in [0.15, 0.2) is 18.3 Å². The summed E-state index contributed by atoms with van der Waals surface area (Å²) < 4.78 is 0. The van der Waals surface area contributed by atoms with Crippen LogP contribution >= 0.6 is 11.6 Å². The monoisotopic (exact) mass is 198 g/mol. The normalized spacial score (nSPS) is 10.0. The highest BCUT2D eigenvalue weighted by molar-refractivity contribution is 6.17. The summed E-state index contributed by atoms with van der Waals surface area (Å²) >= 11 is 5.57. The molecule has 13 heavy (non-hydrogen) atoms. The van der Waals surface area contributed by atoms with Gasteiger partial charge in [0.25, 0.3) is 0 Å². The molecule has 1 N–H and O–H groups in total. The fourth-order valence-corrected chi connectivity index (χ4v) is 1.29. The smallest absolute Gasteiger partial charge is 0.128 e. The Kier molecular flexibility index (Phi) is 4.61. The van der Waals surface area contributed by atoms with E-state index in [2.05, 4.69) is 23.3 Å². The number of rotatable bonds is 5. The highest BCUT2D eigenvalue weighted by Crippen LogP contribution is 2.08. The van der Waals surface area contributed by atoms with E-state index in [1.165, 1.54) is 5.56 Å². The lowest BCUT2D eigenvalue weighted by Gasteiger charge is -2.06. The minimum Gasteiger partial charge on any atom is -0.370 e. The van der Waals surface area contributed by atoms with Gasteiger partial charge in [0.1, 0.15) is 5.82 Å². The molecule has 1 rings (SSSR count). The molecule has 0 saturated heterocycles. The van der Waals surface area contributed by atoms with Gasteiger partial charge in [-0.3, -0.25) is 0 Å². The van der Waals surface area contributed by atoms with Crippen LogP contribution < -0.4 is 5.32 Å². The summed E-state index contributed by atoms with van der Waals surface area (Å²) in [5, 5.41) is 3.28. The highest BCUT2D eigenvalue weighted by atomic mass is 35.5. The Labute approximate surface area is 84.3 Å². The second kappa shape index (κ2) is 5.81. The molecule has 0 aliphatic carbocycles. The summed E-state index contributed by atoms with van der Waals surface area (Å²) in [6.07, 6.45) is 3.96. The maximum atomic E-state index is 5.57. The number of hydrogen-bond donors (Lipinski definition) is 1. The number of halogens is 1. The van der Waals surface area contributed by atoms with Gasteiger partial charge in [-0.2, -0.15) is 0 Å². The second-order valence-corrected chi connectivity index (χ2v) is 3.37. The molecule has 0 aromatic carbocycles. The summed E-state index contributed by atoms with van der Waals surface area (Å²) in [6, 6.07) is 4.00. The van der Waals surface area contributed by atoms with Gasteiger partial charge in [-0.25, -0.2) is 4.98 Å². The van der Waals surface area contributed by atoms with E-state index in [-0.39, 0.29) is 0 Å². The molecule has 0 amide bonds. The molecule has 1 aromatic heterocycles. The summed E-state index contributed by atoms with van der Waals surface area (Å²) in [5.41, 5.74) is 1.19. The number of anilines is 1. The molecule has 0 radical (unpaired) electrons. The minimum atomic E-state index is 0.739. The van der Waals surface area contributed by atoms with Crippen molar-refractivity contribution in [1.29, 1.82) is 0 Å². The van der Waals surface area contributed by atoms with Crippen LogP contribution in [0.2, 0.25) is 0 Å². The van der Waals surface area contributed by atoms with Crippen LogP contribution in [0, 0.1) is 6.92 Å². The fraction of sp³-hybridized carbons (Fsp3) is 0.500. The Morgan fingerprint density at radius 3 is 3.00 bits per heavy atom. The maximum Gasteiger partial charge on any atom is 0.128 e. The average Bonchev–Trinajstić information content (AvgIpc) is 2.15. The molecule has 3 heteroatoms. The molecule has 0 bridgehead atoms. The van der Waals surface area contributed by atoms with Crippen LogP contribution in [0.3, 0.4) is 0 Å². The molecular weight excluding hydrogens is 184 g/mol. The van der Waals surface area contributed by atoms with Gasteiger partial charge in [-0.05, 0) is 31.4 Å². The van der Waals surface area contributed by atoms with E-state index in [9.17, 15) is 0 Å². The van der Waals surface area contributed by atoms with Crippen molar-refractivity contribution in [1.82, 2.24) is 4.98 Å². The molecule has 0 saturated carbocycles. The molecule has 0 aliphatic rings. The molecule has 72 valence electrons. The Morgan fingerprint density at radius 1 is 1.46 bits per heavy atom. The van der Waals surface area contributed by atoms with Crippen molar-refractivity contribution in [2.24, 2.45) is 0 Å². The third kappa shape index (κ3) is 3.64. The van der Waals surface area contributed by atoms with Crippen molar-refractivity contribution in [3.8, 4) is 0 Å². The Bertz CT molecular complexity index is 250. The predicted octanol–water partition coefficient (Wildman–Crippen LogP) is 2.82. The Balaban J connectivity index is 2.32. The van der Waals surface area contributed by atoms with E-state index in [4.69, 9.17) is 11.6 Å². The van der Waals surface area contributed by atoms with E-state index in [1.807, 2.05) is 6.07 Å². The fourth-order valence-electron chi connectivity index (χ4n) is 1.10. The van der Waals surface area contributed by atoms with Crippen LogP contribution in [-0.4, -0.2) is 17.4 Å². The lowest BCUT2D eigenvalue weighted by atomic mass is 10.3. The van der Waals surface area contributed by atoms with Crippen molar-refractivity contribution in [2.75, 3.05) is 17.7 Å². The van der Waals surface area contributed by atoms with Gasteiger partial charge in [0.15, 0.2) is 0 Å². The quantitative estimate of drug-likeness (QED) is 0.582. The first-order valence-corrected chi connectivity index (χ1v) is 5.09. The zero-order valence-corrected chi connectivity index (χ0v) is 8.64. The van der Waals surface area contributed by atoms with E-state index in [0.29, 0.717) is 0 Å². The highest BCUT2D eigenvalue weighted by Gasteiger charge is 1.95.